The number of hydrogen-bond acceptors (Lipinski definition) is 4. The minimum absolute atomic E-state index is 0.0275. The van der Waals surface area contributed by atoms with Gasteiger partial charge in [0.2, 0.25) is 0 Å². The highest BCUT2D eigenvalue weighted by molar-refractivity contribution is 5.13. The molecule has 2 saturated heterocycles. The van der Waals surface area contributed by atoms with E-state index in [1.54, 1.807) is 0 Å². The van der Waals surface area contributed by atoms with Crippen LogP contribution in [0.1, 0.15) is 64.7 Å². The average Bonchev–Trinajstić information content (AvgIpc) is 2.67. The van der Waals surface area contributed by atoms with Crippen LogP contribution in [0, 0.1) is 52.3 Å². The van der Waals surface area contributed by atoms with Crippen molar-refractivity contribution in [1.29, 1.82) is 10.5 Å². The summed E-state index contributed by atoms with van der Waals surface area (Å²) in [6.45, 7) is 4.73. The first-order valence-corrected chi connectivity index (χ1v) is 11.1. The Labute approximate surface area is 164 Å². The standard InChI is InChI=1S/C23H33N3O/c1-16-10-20(21(14-24)15-25)13-22(27-16)7-6-17-11-18-4-2-8-26-9-3-5-19(12-17)23(18)26/h13,16-21,23H,2-12H2,1H3/t16?,17?,18-,19?,20+,23?/m1/s1. The Hall–Kier alpha value is -1.52. The van der Waals surface area contributed by atoms with E-state index in [1.807, 2.05) is 0 Å². The van der Waals surface area contributed by atoms with Gasteiger partial charge in [-0.1, -0.05) is 0 Å². The van der Waals surface area contributed by atoms with Crippen LogP contribution in [0.3, 0.4) is 0 Å². The smallest absolute Gasteiger partial charge is 0.139 e. The van der Waals surface area contributed by atoms with Crippen LogP contribution in [0.5, 0.6) is 0 Å². The monoisotopic (exact) mass is 367 g/mol. The molecular formula is C23H33N3O. The maximum absolute atomic E-state index is 9.23. The molecule has 4 aliphatic rings. The molecule has 146 valence electrons. The summed E-state index contributed by atoms with van der Waals surface area (Å²) >= 11 is 0. The van der Waals surface area contributed by atoms with E-state index >= 15 is 0 Å². The van der Waals surface area contributed by atoms with Crippen LogP contribution in [0.2, 0.25) is 0 Å². The van der Waals surface area contributed by atoms with Crippen LogP contribution in [-0.4, -0.2) is 30.1 Å². The summed E-state index contributed by atoms with van der Waals surface area (Å²) in [7, 11) is 0. The molecule has 0 N–H and O–H groups in total. The minimum atomic E-state index is -0.544. The van der Waals surface area contributed by atoms with Gasteiger partial charge in [0.1, 0.15) is 5.92 Å². The van der Waals surface area contributed by atoms with Crippen molar-refractivity contribution in [3.8, 4) is 12.1 Å². The van der Waals surface area contributed by atoms with E-state index in [1.165, 1.54) is 58.0 Å². The third-order valence-corrected chi connectivity index (χ3v) is 7.56. The first kappa shape index (κ1) is 18.8. The second-order valence-electron chi connectivity index (χ2n) is 9.40. The fraction of sp³-hybridized carbons (Fsp3) is 0.826. The zero-order chi connectivity index (χ0) is 18.8. The average molecular weight is 368 g/mol. The Morgan fingerprint density at radius 1 is 1.11 bits per heavy atom. The zero-order valence-corrected chi connectivity index (χ0v) is 16.6. The second kappa shape index (κ2) is 8.24. The van der Waals surface area contributed by atoms with Crippen molar-refractivity contribution in [2.45, 2.75) is 76.9 Å². The van der Waals surface area contributed by atoms with Gasteiger partial charge in [0, 0.05) is 18.4 Å². The highest BCUT2D eigenvalue weighted by Gasteiger charge is 2.44. The van der Waals surface area contributed by atoms with E-state index < -0.39 is 5.92 Å². The molecule has 4 unspecified atom stereocenters. The number of nitriles is 2. The van der Waals surface area contributed by atoms with Gasteiger partial charge in [0.25, 0.3) is 0 Å². The SMILES string of the molecule is CC1C[C@H](C(C#N)C#N)C=C(CCC2CC3CCCN4CCC[C@H](C2)C34)O1. The Bertz CT molecular complexity index is 611. The Balaban J connectivity index is 1.37. The molecule has 0 bridgehead atoms. The van der Waals surface area contributed by atoms with E-state index in [2.05, 4.69) is 30.0 Å². The molecule has 3 heterocycles. The molecule has 0 aromatic carbocycles. The molecular weight excluding hydrogens is 334 g/mol. The lowest BCUT2D eigenvalue weighted by Gasteiger charge is -2.53. The fourth-order valence-electron chi connectivity index (χ4n) is 6.53. The van der Waals surface area contributed by atoms with Crippen molar-refractivity contribution >= 4 is 0 Å². The normalized spacial score (nSPS) is 38.9. The van der Waals surface area contributed by atoms with E-state index in [0.717, 1.165) is 42.4 Å². The number of ether oxygens (including phenoxy) is 1. The molecule has 1 saturated carbocycles. The second-order valence-corrected chi connectivity index (χ2v) is 9.40. The summed E-state index contributed by atoms with van der Waals surface area (Å²) in [6, 6.07) is 5.19. The first-order valence-electron chi connectivity index (χ1n) is 11.1. The lowest BCUT2D eigenvalue weighted by atomic mass is 9.64. The van der Waals surface area contributed by atoms with Crippen LogP contribution < -0.4 is 0 Å². The number of piperidine rings is 2. The molecule has 0 spiro atoms. The topological polar surface area (TPSA) is 60.0 Å². The van der Waals surface area contributed by atoms with E-state index in [4.69, 9.17) is 4.74 Å². The van der Waals surface area contributed by atoms with Gasteiger partial charge in [-0.3, -0.25) is 4.90 Å². The zero-order valence-electron chi connectivity index (χ0n) is 16.6. The predicted octanol–water partition coefficient (Wildman–Crippen LogP) is 4.64. The van der Waals surface area contributed by atoms with Gasteiger partial charge in [0.05, 0.1) is 24.0 Å². The Morgan fingerprint density at radius 3 is 2.41 bits per heavy atom. The molecule has 0 aromatic heterocycles. The number of nitrogens with zero attached hydrogens (tertiary/aromatic N) is 3. The highest BCUT2D eigenvalue weighted by atomic mass is 16.5. The van der Waals surface area contributed by atoms with Crippen LogP contribution >= 0.6 is 0 Å². The van der Waals surface area contributed by atoms with Gasteiger partial charge in [-0.05, 0) is 95.2 Å². The van der Waals surface area contributed by atoms with Crippen molar-refractivity contribution in [2.75, 3.05) is 13.1 Å². The lowest BCUT2D eigenvalue weighted by molar-refractivity contribution is -0.0312. The molecule has 0 radical (unpaired) electrons. The third kappa shape index (κ3) is 4.02. The van der Waals surface area contributed by atoms with Crippen molar-refractivity contribution in [2.24, 2.45) is 29.6 Å². The number of hydrogen-bond donors (Lipinski definition) is 0. The predicted molar refractivity (Wildman–Crippen MR) is 104 cm³/mol. The van der Waals surface area contributed by atoms with Crippen LogP contribution in [-0.2, 0) is 4.74 Å². The summed E-state index contributed by atoms with van der Waals surface area (Å²) in [4.78, 5) is 2.81. The van der Waals surface area contributed by atoms with Gasteiger partial charge in [-0.15, -0.1) is 0 Å². The molecule has 3 fully saturated rings. The molecule has 1 aliphatic carbocycles. The summed E-state index contributed by atoms with van der Waals surface area (Å²) < 4.78 is 6.07. The van der Waals surface area contributed by atoms with E-state index in [9.17, 15) is 10.5 Å². The molecule has 6 atom stereocenters. The van der Waals surface area contributed by atoms with Gasteiger partial charge >= 0.3 is 0 Å². The largest absolute Gasteiger partial charge is 0.495 e. The highest BCUT2D eigenvalue weighted by Crippen LogP contribution is 2.46. The number of allylic oxidation sites excluding steroid dienone is 2. The van der Waals surface area contributed by atoms with Crippen molar-refractivity contribution in [1.82, 2.24) is 4.90 Å². The number of rotatable bonds is 4. The van der Waals surface area contributed by atoms with Crippen LogP contribution in [0.25, 0.3) is 0 Å². The maximum Gasteiger partial charge on any atom is 0.139 e. The van der Waals surface area contributed by atoms with Gasteiger partial charge in [0.15, 0.2) is 0 Å². The van der Waals surface area contributed by atoms with Gasteiger partial charge < -0.3 is 4.74 Å². The Kier molecular flexibility index (Phi) is 5.74. The van der Waals surface area contributed by atoms with Crippen molar-refractivity contribution in [3.05, 3.63) is 11.8 Å². The van der Waals surface area contributed by atoms with Gasteiger partial charge in [-0.25, -0.2) is 0 Å². The Morgan fingerprint density at radius 2 is 1.78 bits per heavy atom. The quantitative estimate of drug-likeness (QED) is 0.726. The van der Waals surface area contributed by atoms with Crippen LogP contribution in [0.15, 0.2) is 11.8 Å². The molecule has 0 aromatic rings. The van der Waals surface area contributed by atoms with E-state index in [0.29, 0.717) is 0 Å². The maximum atomic E-state index is 9.23. The molecule has 0 amide bonds. The lowest BCUT2D eigenvalue weighted by Crippen LogP contribution is -2.55. The summed E-state index contributed by atoms with van der Waals surface area (Å²) in [6.07, 6.45) is 13.6. The molecule has 4 rings (SSSR count). The summed E-state index contributed by atoms with van der Waals surface area (Å²) in [5, 5.41) is 18.5. The third-order valence-electron chi connectivity index (χ3n) is 7.56. The van der Waals surface area contributed by atoms with E-state index in [-0.39, 0.29) is 12.0 Å². The first-order chi connectivity index (χ1) is 13.2. The molecule has 27 heavy (non-hydrogen) atoms. The van der Waals surface area contributed by atoms with Crippen molar-refractivity contribution in [3.63, 3.8) is 0 Å². The fourth-order valence-corrected chi connectivity index (χ4v) is 6.53. The molecule has 4 heteroatoms. The van der Waals surface area contributed by atoms with Gasteiger partial charge in [-0.2, -0.15) is 10.5 Å². The summed E-state index contributed by atoms with van der Waals surface area (Å²) in [5.41, 5.74) is 0. The molecule has 4 nitrogen and oxygen atoms in total. The van der Waals surface area contributed by atoms with Crippen molar-refractivity contribution < 1.29 is 4.74 Å². The van der Waals surface area contributed by atoms with Crippen LogP contribution in [0.4, 0.5) is 0 Å². The summed E-state index contributed by atoms with van der Waals surface area (Å²) in [5.74, 6) is 3.16. The minimum Gasteiger partial charge on any atom is -0.495 e. The molecule has 3 aliphatic heterocycles.